The van der Waals surface area contributed by atoms with Crippen LogP contribution in [0.15, 0.2) is 17.1 Å². The Morgan fingerprint density at radius 1 is 1.50 bits per heavy atom. The standard InChI is InChI=1S/C10H15NO3/c1-2-3-4-5-6-9(8-12)11-7-10(13)14/h2-3,8H,4-7H2,1H3,(H,13,14)/b3-2+,11-9?. The Bertz CT molecular complexity index is 244. The number of carbonyl (C=O) groups excluding carboxylic acids is 1. The third-order valence-electron chi connectivity index (χ3n) is 1.59. The Balaban J connectivity index is 3.84. The molecule has 4 heteroatoms. The molecule has 0 amide bonds. The molecule has 0 saturated carbocycles. The van der Waals surface area contributed by atoms with Crippen LogP contribution in [0.2, 0.25) is 0 Å². The monoisotopic (exact) mass is 197 g/mol. The highest BCUT2D eigenvalue weighted by molar-refractivity contribution is 6.28. The predicted octanol–water partition coefficient (Wildman–Crippen LogP) is 1.46. The lowest BCUT2D eigenvalue weighted by Crippen LogP contribution is -2.06. The molecule has 0 aromatic carbocycles. The fraction of sp³-hybridized carbons (Fsp3) is 0.500. The van der Waals surface area contributed by atoms with Crippen molar-refractivity contribution in [2.45, 2.75) is 26.2 Å². The van der Waals surface area contributed by atoms with Crippen LogP contribution in [0, 0.1) is 0 Å². The normalized spacial score (nSPS) is 11.9. The van der Waals surface area contributed by atoms with Gasteiger partial charge in [0.05, 0.1) is 5.71 Å². The summed E-state index contributed by atoms with van der Waals surface area (Å²) in [5.41, 5.74) is 0.330. The van der Waals surface area contributed by atoms with Crippen LogP contribution in [0.5, 0.6) is 0 Å². The summed E-state index contributed by atoms with van der Waals surface area (Å²) >= 11 is 0. The summed E-state index contributed by atoms with van der Waals surface area (Å²) < 4.78 is 0. The van der Waals surface area contributed by atoms with Crippen molar-refractivity contribution in [1.82, 2.24) is 0 Å². The summed E-state index contributed by atoms with van der Waals surface area (Å²) in [7, 11) is 0. The van der Waals surface area contributed by atoms with Gasteiger partial charge in [-0.05, 0) is 26.2 Å². The minimum atomic E-state index is -1.02. The van der Waals surface area contributed by atoms with Gasteiger partial charge in [0.25, 0.3) is 0 Å². The van der Waals surface area contributed by atoms with Crippen molar-refractivity contribution in [1.29, 1.82) is 0 Å². The second kappa shape index (κ2) is 8.16. The van der Waals surface area contributed by atoms with E-state index < -0.39 is 5.97 Å². The zero-order valence-corrected chi connectivity index (χ0v) is 8.27. The first-order chi connectivity index (χ1) is 6.70. The molecule has 0 spiro atoms. The predicted molar refractivity (Wildman–Crippen MR) is 54.7 cm³/mol. The quantitative estimate of drug-likeness (QED) is 0.291. The summed E-state index contributed by atoms with van der Waals surface area (Å²) in [6.45, 7) is 1.61. The van der Waals surface area contributed by atoms with Crippen LogP contribution in [0.25, 0.3) is 0 Å². The molecule has 0 heterocycles. The van der Waals surface area contributed by atoms with Crippen molar-refractivity contribution in [2.75, 3.05) is 6.54 Å². The van der Waals surface area contributed by atoms with Gasteiger partial charge < -0.3 is 5.11 Å². The molecule has 0 bridgehead atoms. The van der Waals surface area contributed by atoms with Crippen molar-refractivity contribution in [3.05, 3.63) is 12.2 Å². The molecular formula is C10H15NO3. The van der Waals surface area contributed by atoms with Gasteiger partial charge in [-0.2, -0.15) is 0 Å². The number of unbranched alkanes of at least 4 members (excludes halogenated alkanes) is 1. The van der Waals surface area contributed by atoms with Crippen molar-refractivity contribution < 1.29 is 14.7 Å². The number of carboxylic acids is 1. The van der Waals surface area contributed by atoms with Gasteiger partial charge in [0.15, 0.2) is 6.29 Å². The molecule has 1 N–H and O–H groups in total. The van der Waals surface area contributed by atoms with Crippen LogP contribution in [0.3, 0.4) is 0 Å². The topological polar surface area (TPSA) is 66.7 Å². The molecule has 78 valence electrons. The molecule has 0 aliphatic rings. The molecule has 0 saturated heterocycles. The van der Waals surface area contributed by atoms with Gasteiger partial charge in [-0.25, -0.2) is 0 Å². The minimum Gasteiger partial charge on any atom is -0.480 e. The largest absolute Gasteiger partial charge is 0.480 e. The molecule has 0 aromatic heterocycles. The van der Waals surface area contributed by atoms with E-state index in [1.807, 2.05) is 19.1 Å². The van der Waals surface area contributed by atoms with Crippen LogP contribution in [0.1, 0.15) is 26.2 Å². The van der Waals surface area contributed by atoms with Gasteiger partial charge in [-0.1, -0.05) is 12.2 Å². The summed E-state index contributed by atoms with van der Waals surface area (Å²) in [5.74, 6) is -1.02. The first-order valence-corrected chi connectivity index (χ1v) is 4.52. The maximum absolute atomic E-state index is 10.4. The van der Waals surface area contributed by atoms with E-state index in [4.69, 9.17) is 5.11 Å². The fourth-order valence-corrected chi connectivity index (χ4v) is 0.912. The number of hydrogen-bond acceptors (Lipinski definition) is 3. The van der Waals surface area contributed by atoms with Crippen LogP contribution < -0.4 is 0 Å². The van der Waals surface area contributed by atoms with E-state index in [0.717, 1.165) is 12.8 Å². The maximum Gasteiger partial charge on any atom is 0.325 e. The van der Waals surface area contributed by atoms with E-state index >= 15 is 0 Å². The van der Waals surface area contributed by atoms with E-state index in [0.29, 0.717) is 18.4 Å². The van der Waals surface area contributed by atoms with Crippen LogP contribution in [0.4, 0.5) is 0 Å². The Hall–Kier alpha value is -1.45. The molecule has 14 heavy (non-hydrogen) atoms. The molecule has 0 aromatic rings. The number of aliphatic carboxylic acids is 1. The van der Waals surface area contributed by atoms with Gasteiger partial charge in [0, 0.05) is 0 Å². The molecule has 0 radical (unpaired) electrons. The van der Waals surface area contributed by atoms with E-state index in [9.17, 15) is 9.59 Å². The zero-order chi connectivity index (χ0) is 10.8. The Labute approximate surface area is 83.3 Å². The van der Waals surface area contributed by atoms with Gasteiger partial charge in [-0.15, -0.1) is 0 Å². The lowest BCUT2D eigenvalue weighted by Gasteiger charge is -1.96. The molecule has 4 nitrogen and oxygen atoms in total. The molecular weight excluding hydrogens is 182 g/mol. The van der Waals surface area contributed by atoms with E-state index in [1.54, 1.807) is 0 Å². The van der Waals surface area contributed by atoms with Crippen molar-refractivity contribution >= 4 is 18.0 Å². The van der Waals surface area contributed by atoms with E-state index in [2.05, 4.69) is 4.99 Å². The first kappa shape index (κ1) is 12.6. The summed E-state index contributed by atoms with van der Waals surface area (Å²) in [6, 6.07) is 0. The average molecular weight is 197 g/mol. The number of allylic oxidation sites excluding steroid dienone is 2. The summed E-state index contributed by atoms with van der Waals surface area (Å²) in [4.78, 5) is 24.3. The third kappa shape index (κ3) is 7.21. The zero-order valence-electron chi connectivity index (χ0n) is 8.27. The Kier molecular flexibility index (Phi) is 7.32. The third-order valence-corrected chi connectivity index (χ3v) is 1.59. The number of nitrogens with zero attached hydrogens (tertiary/aromatic N) is 1. The van der Waals surface area contributed by atoms with Crippen molar-refractivity contribution in [3.63, 3.8) is 0 Å². The highest BCUT2D eigenvalue weighted by atomic mass is 16.4. The van der Waals surface area contributed by atoms with Gasteiger partial charge in [0.1, 0.15) is 6.54 Å². The van der Waals surface area contributed by atoms with Gasteiger partial charge >= 0.3 is 5.97 Å². The highest BCUT2D eigenvalue weighted by Gasteiger charge is 1.98. The van der Waals surface area contributed by atoms with Crippen molar-refractivity contribution in [2.24, 2.45) is 4.99 Å². The van der Waals surface area contributed by atoms with Crippen molar-refractivity contribution in [3.8, 4) is 0 Å². The second-order valence-corrected chi connectivity index (χ2v) is 2.78. The van der Waals surface area contributed by atoms with Gasteiger partial charge in [0.2, 0.25) is 0 Å². The first-order valence-electron chi connectivity index (χ1n) is 4.52. The van der Waals surface area contributed by atoms with Crippen LogP contribution in [-0.4, -0.2) is 29.6 Å². The lowest BCUT2D eigenvalue weighted by molar-refractivity contribution is -0.135. The number of hydrogen-bond donors (Lipinski definition) is 1. The highest BCUT2D eigenvalue weighted by Crippen LogP contribution is 1.98. The number of rotatable bonds is 7. The average Bonchev–Trinajstić information content (AvgIpc) is 2.16. The lowest BCUT2D eigenvalue weighted by atomic mass is 10.2. The molecule has 0 unspecified atom stereocenters. The molecule has 0 atom stereocenters. The number of carboxylic acid groups (broad SMARTS) is 1. The van der Waals surface area contributed by atoms with Crippen LogP contribution >= 0.6 is 0 Å². The van der Waals surface area contributed by atoms with E-state index in [-0.39, 0.29) is 6.54 Å². The number of aldehydes is 1. The maximum atomic E-state index is 10.4. The molecule has 0 aliphatic heterocycles. The summed E-state index contributed by atoms with van der Waals surface area (Å²) in [5, 5.41) is 8.33. The fourth-order valence-electron chi connectivity index (χ4n) is 0.912. The minimum absolute atomic E-state index is 0.322. The number of carbonyl (C=O) groups is 2. The van der Waals surface area contributed by atoms with Crippen LogP contribution in [-0.2, 0) is 9.59 Å². The molecule has 0 fully saturated rings. The summed E-state index contributed by atoms with van der Waals surface area (Å²) in [6.07, 6.45) is 6.81. The molecule has 0 aliphatic carbocycles. The van der Waals surface area contributed by atoms with Gasteiger partial charge in [-0.3, -0.25) is 14.6 Å². The van der Waals surface area contributed by atoms with E-state index in [1.165, 1.54) is 0 Å². The molecule has 0 rings (SSSR count). The Morgan fingerprint density at radius 3 is 2.71 bits per heavy atom. The SMILES string of the molecule is C/C=C/CCCC(C=O)=NCC(=O)O. The number of aliphatic imine (C=N–C) groups is 1. The Morgan fingerprint density at radius 2 is 2.21 bits per heavy atom. The smallest absolute Gasteiger partial charge is 0.325 e. The second-order valence-electron chi connectivity index (χ2n) is 2.78.